The Kier molecular flexibility index (Phi) is 6.59. The van der Waals surface area contributed by atoms with Crippen molar-refractivity contribution >= 4 is 12.8 Å². The summed E-state index contributed by atoms with van der Waals surface area (Å²) in [5, 5.41) is 0. The molecule has 1 rings (SSSR count). The van der Waals surface area contributed by atoms with Gasteiger partial charge < -0.3 is 0 Å². The van der Waals surface area contributed by atoms with Crippen molar-refractivity contribution < 1.29 is 0 Å². The molecule has 0 spiro atoms. The highest BCUT2D eigenvalue weighted by molar-refractivity contribution is 6.70. The first-order valence-corrected chi connectivity index (χ1v) is 8.07. The molecule has 110 valence electrons. The highest BCUT2D eigenvalue weighted by atomic mass is 14.1. The van der Waals surface area contributed by atoms with Gasteiger partial charge in [0.2, 0.25) is 0 Å². The van der Waals surface area contributed by atoms with Crippen LogP contribution in [0.4, 0.5) is 0 Å². The molecule has 0 saturated heterocycles. The van der Waals surface area contributed by atoms with Crippen molar-refractivity contribution in [2.75, 3.05) is 0 Å². The summed E-state index contributed by atoms with van der Waals surface area (Å²) in [7, 11) is 0. The molecule has 0 aliphatic carbocycles. The molecule has 0 saturated carbocycles. The standard InChI is InChI=1S/C19H31B/c1-14(2)17(6)20(18(7)15(3)4)16(5)13-19-11-9-8-10-12-19/h8-15,17-18H,1-7H3/b16-13+. The molecular weight excluding hydrogens is 239 g/mol. The van der Waals surface area contributed by atoms with Crippen LogP contribution in [0.3, 0.4) is 0 Å². The van der Waals surface area contributed by atoms with E-state index in [-0.39, 0.29) is 0 Å². The highest BCUT2D eigenvalue weighted by Gasteiger charge is 2.32. The zero-order valence-corrected chi connectivity index (χ0v) is 14.4. The van der Waals surface area contributed by atoms with Gasteiger partial charge in [0, 0.05) is 0 Å². The van der Waals surface area contributed by atoms with Gasteiger partial charge in [-0.15, -0.1) is 5.47 Å². The van der Waals surface area contributed by atoms with E-state index in [1.165, 1.54) is 11.0 Å². The third-order valence-corrected chi connectivity index (χ3v) is 4.96. The minimum absolute atomic E-state index is 0.662. The molecule has 1 heteroatoms. The Labute approximate surface area is 126 Å². The van der Waals surface area contributed by atoms with Crippen LogP contribution in [0.25, 0.3) is 6.08 Å². The van der Waals surface area contributed by atoms with Crippen LogP contribution < -0.4 is 0 Å². The fourth-order valence-electron chi connectivity index (χ4n) is 3.05. The van der Waals surface area contributed by atoms with E-state index in [1.54, 1.807) is 0 Å². The zero-order valence-electron chi connectivity index (χ0n) is 14.4. The molecule has 0 bridgehead atoms. The van der Waals surface area contributed by atoms with Crippen molar-refractivity contribution in [3.05, 3.63) is 41.4 Å². The van der Waals surface area contributed by atoms with E-state index in [4.69, 9.17) is 0 Å². The van der Waals surface area contributed by atoms with Crippen LogP contribution in [0.15, 0.2) is 35.8 Å². The number of rotatable bonds is 6. The second-order valence-corrected chi connectivity index (χ2v) is 7.03. The van der Waals surface area contributed by atoms with Gasteiger partial charge in [-0.1, -0.05) is 108 Å². The number of benzene rings is 1. The minimum atomic E-state index is 0.662. The zero-order chi connectivity index (χ0) is 15.3. The fraction of sp³-hybridized carbons (Fsp3) is 0.579. The highest BCUT2D eigenvalue weighted by Crippen LogP contribution is 2.36. The Morgan fingerprint density at radius 2 is 1.30 bits per heavy atom. The lowest BCUT2D eigenvalue weighted by Crippen LogP contribution is -2.31. The first-order valence-electron chi connectivity index (χ1n) is 8.07. The summed E-state index contributed by atoms with van der Waals surface area (Å²) in [5.41, 5.74) is 2.85. The van der Waals surface area contributed by atoms with E-state index in [1.807, 2.05) is 0 Å². The minimum Gasteiger partial charge on any atom is -0.103 e. The van der Waals surface area contributed by atoms with Crippen molar-refractivity contribution in [3.63, 3.8) is 0 Å². The lowest BCUT2D eigenvalue weighted by atomic mass is 9.28. The molecule has 0 fully saturated rings. The number of allylic oxidation sites excluding steroid dienone is 1. The van der Waals surface area contributed by atoms with Crippen LogP contribution in [-0.2, 0) is 0 Å². The van der Waals surface area contributed by atoms with Crippen molar-refractivity contribution in [2.24, 2.45) is 11.8 Å². The van der Waals surface area contributed by atoms with Crippen molar-refractivity contribution in [2.45, 2.75) is 60.1 Å². The van der Waals surface area contributed by atoms with Gasteiger partial charge in [0.15, 0.2) is 6.71 Å². The van der Waals surface area contributed by atoms with Gasteiger partial charge in [-0.05, 0) is 5.56 Å². The molecule has 0 aromatic heterocycles. The van der Waals surface area contributed by atoms with E-state index in [0.717, 1.165) is 11.8 Å². The predicted octanol–water partition coefficient (Wildman–Crippen LogP) is 6.22. The molecule has 2 unspecified atom stereocenters. The molecule has 2 atom stereocenters. The third-order valence-electron chi connectivity index (χ3n) is 4.96. The van der Waals surface area contributed by atoms with Gasteiger partial charge in [-0.25, -0.2) is 0 Å². The van der Waals surface area contributed by atoms with Crippen LogP contribution in [0.1, 0.15) is 54.0 Å². The largest absolute Gasteiger partial charge is 0.176 e. The van der Waals surface area contributed by atoms with Gasteiger partial charge in [0.05, 0.1) is 0 Å². The average molecular weight is 270 g/mol. The monoisotopic (exact) mass is 270 g/mol. The van der Waals surface area contributed by atoms with Gasteiger partial charge in [-0.3, -0.25) is 0 Å². The Balaban J connectivity index is 3.07. The van der Waals surface area contributed by atoms with E-state index >= 15 is 0 Å². The molecule has 0 amide bonds. The summed E-state index contributed by atoms with van der Waals surface area (Å²) in [6, 6.07) is 10.7. The first-order chi connectivity index (χ1) is 9.34. The topological polar surface area (TPSA) is 0 Å². The molecule has 1 aromatic carbocycles. The van der Waals surface area contributed by atoms with Crippen LogP contribution in [0.2, 0.25) is 11.6 Å². The van der Waals surface area contributed by atoms with Crippen LogP contribution in [0.5, 0.6) is 0 Å². The van der Waals surface area contributed by atoms with Gasteiger partial charge >= 0.3 is 0 Å². The number of hydrogen-bond acceptors (Lipinski definition) is 0. The molecule has 20 heavy (non-hydrogen) atoms. The smallest absolute Gasteiger partial charge is 0.103 e. The Morgan fingerprint density at radius 3 is 1.70 bits per heavy atom. The SMILES string of the molecule is C/C(=C\c1ccccc1)B(C(C)C(C)C)C(C)C(C)C. The third kappa shape index (κ3) is 4.54. The summed E-state index contributed by atoms with van der Waals surface area (Å²) in [5.74, 6) is 2.88. The van der Waals surface area contributed by atoms with Crippen LogP contribution >= 0.6 is 0 Å². The fourth-order valence-corrected chi connectivity index (χ4v) is 3.05. The summed E-state index contributed by atoms with van der Waals surface area (Å²) in [6.45, 7) is 17.2. The summed E-state index contributed by atoms with van der Waals surface area (Å²) in [6.07, 6.45) is 2.38. The lowest BCUT2D eigenvalue weighted by molar-refractivity contribution is 0.565. The summed E-state index contributed by atoms with van der Waals surface area (Å²) >= 11 is 0. The van der Waals surface area contributed by atoms with Crippen molar-refractivity contribution in [3.8, 4) is 0 Å². The maximum Gasteiger partial charge on any atom is 0.176 e. The van der Waals surface area contributed by atoms with Crippen molar-refractivity contribution in [1.29, 1.82) is 0 Å². The second-order valence-electron chi connectivity index (χ2n) is 7.03. The van der Waals surface area contributed by atoms with Gasteiger partial charge in [0.25, 0.3) is 0 Å². The Morgan fingerprint density at radius 1 is 0.850 bits per heavy atom. The van der Waals surface area contributed by atoms with E-state index in [0.29, 0.717) is 18.3 Å². The Hall–Kier alpha value is -0.975. The molecule has 1 aromatic rings. The number of hydrogen-bond donors (Lipinski definition) is 0. The van der Waals surface area contributed by atoms with Crippen LogP contribution in [-0.4, -0.2) is 6.71 Å². The molecule has 0 nitrogen and oxygen atoms in total. The summed E-state index contributed by atoms with van der Waals surface area (Å²) < 4.78 is 0. The normalized spacial score (nSPS) is 15.6. The quantitative estimate of drug-likeness (QED) is 0.538. The Bertz CT molecular complexity index is 403. The summed E-state index contributed by atoms with van der Waals surface area (Å²) in [4.78, 5) is 0. The first kappa shape index (κ1) is 17.1. The van der Waals surface area contributed by atoms with Crippen LogP contribution in [0, 0.1) is 11.8 Å². The molecular formula is C19H31B. The van der Waals surface area contributed by atoms with E-state index in [2.05, 4.69) is 84.9 Å². The van der Waals surface area contributed by atoms with E-state index in [9.17, 15) is 0 Å². The molecule has 0 aliphatic heterocycles. The maximum absolute atomic E-state index is 2.41. The maximum atomic E-state index is 2.41. The lowest BCUT2D eigenvalue weighted by Gasteiger charge is -2.32. The second kappa shape index (κ2) is 7.71. The molecule has 0 heterocycles. The van der Waals surface area contributed by atoms with Crippen molar-refractivity contribution in [1.82, 2.24) is 0 Å². The molecule has 0 aliphatic rings. The van der Waals surface area contributed by atoms with E-state index < -0.39 is 0 Å². The molecule has 0 N–H and O–H groups in total. The van der Waals surface area contributed by atoms with Gasteiger partial charge in [0.1, 0.15) is 0 Å². The predicted molar refractivity (Wildman–Crippen MR) is 94.4 cm³/mol. The average Bonchev–Trinajstić information content (AvgIpc) is 2.39. The molecule has 0 radical (unpaired) electrons. The van der Waals surface area contributed by atoms with Gasteiger partial charge in [-0.2, -0.15) is 0 Å².